The second-order valence-electron chi connectivity index (χ2n) is 4.88. The summed E-state index contributed by atoms with van der Waals surface area (Å²) < 4.78 is 0. The van der Waals surface area contributed by atoms with Crippen LogP contribution in [0.3, 0.4) is 0 Å². The molecule has 0 radical (unpaired) electrons. The van der Waals surface area contributed by atoms with Crippen molar-refractivity contribution in [2.45, 2.75) is 19.2 Å². The molecule has 1 amide bonds. The molecule has 2 aromatic rings. The number of carbonyl (C=O) groups is 1. The fourth-order valence-corrected chi connectivity index (χ4v) is 2.74. The van der Waals surface area contributed by atoms with E-state index in [0.717, 1.165) is 16.3 Å². The van der Waals surface area contributed by atoms with Crippen molar-refractivity contribution in [3.05, 3.63) is 70.2 Å². The Morgan fingerprint density at radius 3 is 2.33 bits per heavy atom. The van der Waals surface area contributed by atoms with Crippen LogP contribution in [0.2, 0.25) is 5.02 Å². The number of carbonyl (C=O) groups excluding carboxylic acids is 1. The van der Waals surface area contributed by atoms with E-state index in [1.54, 1.807) is 11.8 Å². The molecule has 110 valence electrons. The van der Waals surface area contributed by atoms with Gasteiger partial charge in [-0.3, -0.25) is 4.79 Å². The maximum absolute atomic E-state index is 11.8. The Labute approximate surface area is 134 Å². The van der Waals surface area contributed by atoms with Gasteiger partial charge >= 0.3 is 0 Å². The molecule has 0 aromatic heterocycles. The van der Waals surface area contributed by atoms with E-state index < -0.39 is 0 Å². The summed E-state index contributed by atoms with van der Waals surface area (Å²) in [5, 5.41) is 3.67. The van der Waals surface area contributed by atoms with Crippen LogP contribution >= 0.6 is 23.4 Å². The first kappa shape index (κ1) is 15.9. The zero-order valence-corrected chi connectivity index (χ0v) is 13.5. The highest BCUT2D eigenvalue weighted by Gasteiger charge is 2.02. The standard InChI is InChI=1S/C17H18ClNOS/c1-13-2-4-14(5-3-13)10-19-17(20)12-21-11-15-6-8-16(18)9-7-15/h2-9H,10-12H2,1H3,(H,19,20). The lowest BCUT2D eigenvalue weighted by atomic mass is 10.1. The molecule has 0 saturated carbocycles. The summed E-state index contributed by atoms with van der Waals surface area (Å²) in [7, 11) is 0. The number of nitrogens with one attached hydrogen (secondary N) is 1. The summed E-state index contributed by atoms with van der Waals surface area (Å²) in [6.07, 6.45) is 0. The molecule has 0 bridgehead atoms. The summed E-state index contributed by atoms with van der Waals surface area (Å²) in [5.41, 5.74) is 3.52. The smallest absolute Gasteiger partial charge is 0.230 e. The number of benzene rings is 2. The summed E-state index contributed by atoms with van der Waals surface area (Å²) in [5.74, 6) is 1.35. The van der Waals surface area contributed by atoms with Gasteiger partial charge in [0.25, 0.3) is 0 Å². The topological polar surface area (TPSA) is 29.1 Å². The SMILES string of the molecule is Cc1ccc(CNC(=O)CSCc2ccc(Cl)cc2)cc1. The number of thioether (sulfide) groups is 1. The van der Waals surface area contributed by atoms with Gasteiger partial charge in [0.2, 0.25) is 5.91 Å². The maximum Gasteiger partial charge on any atom is 0.230 e. The Kier molecular flexibility index (Phi) is 6.15. The fraction of sp³-hybridized carbons (Fsp3) is 0.235. The molecule has 0 unspecified atom stereocenters. The second-order valence-corrected chi connectivity index (χ2v) is 6.30. The number of rotatable bonds is 6. The number of hydrogen-bond acceptors (Lipinski definition) is 2. The Morgan fingerprint density at radius 2 is 1.67 bits per heavy atom. The van der Waals surface area contributed by atoms with Gasteiger partial charge < -0.3 is 5.32 Å². The fourth-order valence-electron chi connectivity index (χ4n) is 1.80. The van der Waals surface area contributed by atoms with E-state index in [0.29, 0.717) is 12.3 Å². The van der Waals surface area contributed by atoms with Gasteiger partial charge in [0, 0.05) is 17.3 Å². The van der Waals surface area contributed by atoms with Crippen molar-refractivity contribution in [1.29, 1.82) is 0 Å². The minimum Gasteiger partial charge on any atom is -0.351 e. The van der Waals surface area contributed by atoms with Crippen molar-refractivity contribution in [1.82, 2.24) is 5.32 Å². The monoisotopic (exact) mass is 319 g/mol. The number of amides is 1. The molecule has 2 rings (SSSR count). The second kappa shape index (κ2) is 8.11. The van der Waals surface area contributed by atoms with Gasteiger partial charge in [-0.2, -0.15) is 0 Å². The van der Waals surface area contributed by atoms with Gasteiger partial charge in [0.1, 0.15) is 0 Å². The molecular formula is C17H18ClNOS. The zero-order valence-electron chi connectivity index (χ0n) is 11.9. The summed E-state index contributed by atoms with van der Waals surface area (Å²) >= 11 is 7.44. The van der Waals surface area contributed by atoms with Crippen LogP contribution in [0.4, 0.5) is 0 Å². The van der Waals surface area contributed by atoms with Gasteiger partial charge in [-0.05, 0) is 30.2 Å². The molecule has 0 aliphatic heterocycles. The highest BCUT2D eigenvalue weighted by Crippen LogP contribution is 2.15. The molecule has 4 heteroatoms. The molecule has 0 atom stereocenters. The van der Waals surface area contributed by atoms with Crippen molar-refractivity contribution < 1.29 is 4.79 Å². The molecule has 0 aliphatic carbocycles. The van der Waals surface area contributed by atoms with Crippen LogP contribution < -0.4 is 5.32 Å². The summed E-state index contributed by atoms with van der Waals surface area (Å²) in [6, 6.07) is 15.9. The van der Waals surface area contributed by atoms with Crippen LogP contribution in [0.5, 0.6) is 0 Å². The third kappa shape index (κ3) is 5.82. The van der Waals surface area contributed by atoms with Crippen molar-refractivity contribution in [2.75, 3.05) is 5.75 Å². The van der Waals surface area contributed by atoms with Crippen LogP contribution in [-0.2, 0) is 17.1 Å². The maximum atomic E-state index is 11.8. The normalized spacial score (nSPS) is 10.4. The van der Waals surface area contributed by atoms with E-state index >= 15 is 0 Å². The van der Waals surface area contributed by atoms with Crippen molar-refractivity contribution in [3.8, 4) is 0 Å². The van der Waals surface area contributed by atoms with Gasteiger partial charge in [-0.1, -0.05) is 53.6 Å². The molecule has 0 fully saturated rings. The lowest BCUT2D eigenvalue weighted by molar-refractivity contribution is -0.118. The van der Waals surface area contributed by atoms with Gasteiger partial charge in [-0.25, -0.2) is 0 Å². The third-order valence-corrected chi connectivity index (χ3v) is 4.28. The Morgan fingerprint density at radius 1 is 1.05 bits per heavy atom. The predicted molar refractivity (Wildman–Crippen MR) is 90.6 cm³/mol. The van der Waals surface area contributed by atoms with Crippen LogP contribution in [0.15, 0.2) is 48.5 Å². The average Bonchev–Trinajstić information content (AvgIpc) is 2.49. The first-order valence-corrected chi connectivity index (χ1v) is 8.31. The molecule has 0 aliphatic rings. The van der Waals surface area contributed by atoms with Gasteiger partial charge in [0.05, 0.1) is 5.75 Å². The largest absolute Gasteiger partial charge is 0.351 e. The first-order chi connectivity index (χ1) is 10.1. The van der Waals surface area contributed by atoms with Crippen LogP contribution in [0, 0.1) is 6.92 Å². The van der Waals surface area contributed by atoms with Crippen molar-refractivity contribution >= 4 is 29.3 Å². The molecule has 2 nitrogen and oxygen atoms in total. The van der Waals surface area contributed by atoms with E-state index in [4.69, 9.17) is 11.6 Å². The minimum atomic E-state index is 0.0644. The minimum absolute atomic E-state index is 0.0644. The van der Waals surface area contributed by atoms with E-state index in [-0.39, 0.29) is 5.91 Å². The van der Waals surface area contributed by atoms with E-state index in [1.165, 1.54) is 11.1 Å². The van der Waals surface area contributed by atoms with E-state index in [2.05, 4.69) is 24.4 Å². The Bertz CT molecular complexity index is 581. The Balaban J connectivity index is 1.67. The number of halogens is 1. The number of hydrogen-bond donors (Lipinski definition) is 1. The summed E-state index contributed by atoms with van der Waals surface area (Å²) in [6.45, 7) is 2.64. The number of aryl methyl sites for hydroxylation is 1. The molecule has 0 heterocycles. The molecule has 0 saturated heterocycles. The molecular weight excluding hydrogens is 302 g/mol. The van der Waals surface area contributed by atoms with Crippen LogP contribution in [0.1, 0.15) is 16.7 Å². The average molecular weight is 320 g/mol. The quantitative estimate of drug-likeness (QED) is 0.864. The highest BCUT2D eigenvalue weighted by atomic mass is 35.5. The van der Waals surface area contributed by atoms with Gasteiger partial charge in [-0.15, -0.1) is 11.8 Å². The van der Waals surface area contributed by atoms with E-state index in [9.17, 15) is 4.79 Å². The molecule has 21 heavy (non-hydrogen) atoms. The molecule has 1 N–H and O–H groups in total. The predicted octanol–water partition coefficient (Wildman–Crippen LogP) is 4.20. The Hall–Kier alpha value is -1.45. The van der Waals surface area contributed by atoms with E-state index in [1.807, 2.05) is 36.4 Å². The van der Waals surface area contributed by atoms with Crippen molar-refractivity contribution in [2.24, 2.45) is 0 Å². The van der Waals surface area contributed by atoms with Crippen molar-refractivity contribution in [3.63, 3.8) is 0 Å². The summed E-state index contributed by atoms with van der Waals surface area (Å²) in [4.78, 5) is 11.8. The highest BCUT2D eigenvalue weighted by molar-refractivity contribution is 7.99. The third-order valence-electron chi connectivity index (χ3n) is 3.03. The lowest BCUT2D eigenvalue weighted by Gasteiger charge is -2.06. The van der Waals surface area contributed by atoms with Crippen LogP contribution in [-0.4, -0.2) is 11.7 Å². The zero-order chi connectivity index (χ0) is 15.1. The van der Waals surface area contributed by atoms with Crippen LogP contribution in [0.25, 0.3) is 0 Å². The first-order valence-electron chi connectivity index (χ1n) is 6.78. The molecule has 0 spiro atoms. The lowest BCUT2D eigenvalue weighted by Crippen LogP contribution is -2.24. The van der Waals surface area contributed by atoms with Gasteiger partial charge in [0.15, 0.2) is 0 Å². The molecule has 2 aromatic carbocycles.